The van der Waals surface area contributed by atoms with Gasteiger partial charge in [0.25, 0.3) is 0 Å². The molecule has 1 aliphatic heterocycles. The van der Waals surface area contributed by atoms with E-state index in [4.69, 9.17) is 0 Å². The highest BCUT2D eigenvalue weighted by atomic mass is 35.5. The molecule has 0 saturated carbocycles. The summed E-state index contributed by atoms with van der Waals surface area (Å²) in [5, 5.41) is 9.02. The standard InChI is InChI=1S/C17H25N3O2.ClH/c1-12(14-5-4-8-18-11-14)9-17(22)20-16-7-3-6-15(10-16)19-13(2)21;/h3,6-7,10,12,14,18H,4-5,8-9,11H2,1-2H3,(H,19,21)(H,20,22);1H. The van der Waals surface area contributed by atoms with Crippen LogP contribution in [0.5, 0.6) is 0 Å². The molecule has 1 aliphatic rings. The highest BCUT2D eigenvalue weighted by Gasteiger charge is 2.22. The summed E-state index contributed by atoms with van der Waals surface area (Å²) >= 11 is 0. The second-order valence-electron chi connectivity index (χ2n) is 6.10. The molecule has 2 rings (SSSR count). The van der Waals surface area contributed by atoms with Crippen molar-refractivity contribution in [3.05, 3.63) is 24.3 Å². The maximum atomic E-state index is 12.2. The number of amides is 2. The normalized spacial score (nSPS) is 18.4. The van der Waals surface area contributed by atoms with Crippen molar-refractivity contribution in [3.8, 4) is 0 Å². The fourth-order valence-corrected chi connectivity index (χ4v) is 2.91. The molecule has 2 atom stereocenters. The van der Waals surface area contributed by atoms with Crippen LogP contribution in [0.1, 0.15) is 33.1 Å². The Morgan fingerprint density at radius 2 is 2.00 bits per heavy atom. The maximum Gasteiger partial charge on any atom is 0.224 e. The summed E-state index contributed by atoms with van der Waals surface area (Å²) in [5.74, 6) is 0.844. The molecule has 0 bridgehead atoms. The predicted molar refractivity (Wildman–Crippen MR) is 96.0 cm³/mol. The van der Waals surface area contributed by atoms with Gasteiger partial charge in [-0.3, -0.25) is 9.59 Å². The molecular weight excluding hydrogens is 314 g/mol. The molecule has 1 heterocycles. The lowest BCUT2D eigenvalue weighted by Gasteiger charge is -2.28. The first-order valence-corrected chi connectivity index (χ1v) is 7.93. The van der Waals surface area contributed by atoms with Crippen LogP contribution in [-0.4, -0.2) is 24.9 Å². The third-order valence-corrected chi connectivity index (χ3v) is 4.11. The third-order valence-electron chi connectivity index (χ3n) is 4.11. The van der Waals surface area contributed by atoms with Crippen molar-refractivity contribution >= 4 is 35.6 Å². The number of hydrogen-bond donors (Lipinski definition) is 3. The quantitative estimate of drug-likeness (QED) is 0.772. The second kappa shape index (κ2) is 9.53. The Labute approximate surface area is 144 Å². The lowest BCUT2D eigenvalue weighted by atomic mass is 9.85. The number of rotatable bonds is 5. The van der Waals surface area contributed by atoms with Gasteiger partial charge in [-0.05, 0) is 56.0 Å². The molecule has 23 heavy (non-hydrogen) atoms. The van der Waals surface area contributed by atoms with E-state index in [-0.39, 0.29) is 24.2 Å². The van der Waals surface area contributed by atoms with Crippen LogP contribution in [0, 0.1) is 11.8 Å². The summed E-state index contributed by atoms with van der Waals surface area (Å²) < 4.78 is 0. The van der Waals surface area contributed by atoms with E-state index in [1.165, 1.54) is 19.8 Å². The molecular formula is C17H26ClN3O2. The zero-order valence-corrected chi connectivity index (χ0v) is 14.5. The molecule has 0 aliphatic carbocycles. The third kappa shape index (κ3) is 6.59. The van der Waals surface area contributed by atoms with E-state index < -0.39 is 0 Å². The molecule has 1 saturated heterocycles. The van der Waals surface area contributed by atoms with Crippen LogP contribution in [0.15, 0.2) is 24.3 Å². The van der Waals surface area contributed by atoms with Crippen molar-refractivity contribution in [2.45, 2.75) is 33.1 Å². The topological polar surface area (TPSA) is 70.2 Å². The number of piperidine rings is 1. The van der Waals surface area contributed by atoms with Gasteiger partial charge in [0.1, 0.15) is 0 Å². The molecule has 1 fully saturated rings. The lowest BCUT2D eigenvalue weighted by molar-refractivity contribution is -0.117. The summed E-state index contributed by atoms with van der Waals surface area (Å²) in [6.07, 6.45) is 2.91. The molecule has 6 heteroatoms. The first-order chi connectivity index (χ1) is 10.5. The van der Waals surface area contributed by atoms with Gasteiger partial charge in [-0.25, -0.2) is 0 Å². The number of carbonyl (C=O) groups excluding carboxylic acids is 2. The number of benzene rings is 1. The number of nitrogens with one attached hydrogen (secondary N) is 3. The zero-order chi connectivity index (χ0) is 15.9. The average molecular weight is 340 g/mol. The van der Waals surface area contributed by atoms with Gasteiger partial charge in [-0.15, -0.1) is 12.4 Å². The van der Waals surface area contributed by atoms with Gasteiger partial charge in [0.2, 0.25) is 11.8 Å². The Bertz CT molecular complexity index is 530. The fourth-order valence-electron chi connectivity index (χ4n) is 2.91. The largest absolute Gasteiger partial charge is 0.326 e. The van der Waals surface area contributed by atoms with Crippen LogP contribution in [0.4, 0.5) is 11.4 Å². The van der Waals surface area contributed by atoms with Gasteiger partial charge in [-0.2, -0.15) is 0 Å². The first-order valence-electron chi connectivity index (χ1n) is 7.93. The lowest BCUT2D eigenvalue weighted by Crippen LogP contribution is -2.34. The van der Waals surface area contributed by atoms with Gasteiger partial charge in [0, 0.05) is 24.7 Å². The Morgan fingerprint density at radius 1 is 1.30 bits per heavy atom. The number of anilines is 2. The fraction of sp³-hybridized carbons (Fsp3) is 0.529. The van der Waals surface area contributed by atoms with Crippen LogP contribution < -0.4 is 16.0 Å². The summed E-state index contributed by atoms with van der Waals surface area (Å²) in [4.78, 5) is 23.2. The van der Waals surface area contributed by atoms with Crippen molar-refractivity contribution in [1.82, 2.24) is 5.32 Å². The minimum absolute atomic E-state index is 0. The molecule has 5 nitrogen and oxygen atoms in total. The smallest absolute Gasteiger partial charge is 0.224 e. The van der Waals surface area contributed by atoms with E-state index in [1.807, 2.05) is 12.1 Å². The minimum atomic E-state index is -0.123. The van der Waals surface area contributed by atoms with Crippen molar-refractivity contribution in [1.29, 1.82) is 0 Å². The van der Waals surface area contributed by atoms with Crippen molar-refractivity contribution in [2.24, 2.45) is 11.8 Å². The molecule has 0 spiro atoms. The monoisotopic (exact) mass is 339 g/mol. The van der Waals surface area contributed by atoms with Gasteiger partial charge < -0.3 is 16.0 Å². The van der Waals surface area contributed by atoms with Crippen molar-refractivity contribution < 1.29 is 9.59 Å². The van der Waals surface area contributed by atoms with Gasteiger partial charge >= 0.3 is 0 Å². The summed E-state index contributed by atoms with van der Waals surface area (Å²) in [5.41, 5.74) is 1.40. The number of halogens is 1. The average Bonchev–Trinajstić information content (AvgIpc) is 2.47. The van der Waals surface area contributed by atoms with E-state index in [9.17, 15) is 9.59 Å². The van der Waals surface area contributed by atoms with E-state index in [0.717, 1.165) is 13.1 Å². The molecule has 0 aromatic heterocycles. The SMILES string of the molecule is CC(=O)Nc1cccc(NC(=O)CC(C)C2CCCNC2)c1.Cl. The van der Waals surface area contributed by atoms with Crippen LogP contribution >= 0.6 is 12.4 Å². The minimum Gasteiger partial charge on any atom is -0.326 e. The van der Waals surface area contributed by atoms with Gasteiger partial charge in [0.05, 0.1) is 0 Å². The zero-order valence-electron chi connectivity index (χ0n) is 13.7. The molecule has 3 N–H and O–H groups in total. The highest BCUT2D eigenvalue weighted by Crippen LogP contribution is 2.23. The van der Waals surface area contributed by atoms with Gasteiger partial charge in [-0.1, -0.05) is 13.0 Å². The Hall–Kier alpha value is -1.59. The summed E-state index contributed by atoms with van der Waals surface area (Å²) in [7, 11) is 0. The van der Waals surface area contributed by atoms with Crippen molar-refractivity contribution in [2.75, 3.05) is 23.7 Å². The van der Waals surface area contributed by atoms with Crippen LogP contribution in [0.2, 0.25) is 0 Å². The number of hydrogen-bond acceptors (Lipinski definition) is 3. The van der Waals surface area contributed by atoms with Crippen molar-refractivity contribution in [3.63, 3.8) is 0 Å². The Morgan fingerprint density at radius 3 is 2.61 bits per heavy atom. The highest BCUT2D eigenvalue weighted by molar-refractivity contribution is 5.93. The summed E-state index contributed by atoms with van der Waals surface area (Å²) in [6, 6.07) is 7.21. The maximum absolute atomic E-state index is 12.2. The van der Waals surface area contributed by atoms with Crippen LogP contribution in [-0.2, 0) is 9.59 Å². The predicted octanol–water partition coefficient (Wildman–Crippen LogP) is 3.03. The van der Waals surface area contributed by atoms with E-state index in [1.54, 1.807) is 12.1 Å². The molecule has 1 aromatic carbocycles. The Balaban J connectivity index is 0.00000264. The van der Waals surface area contributed by atoms with E-state index in [2.05, 4.69) is 22.9 Å². The van der Waals surface area contributed by atoms with Gasteiger partial charge in [0.15, 0.2) is 0 Å². The van der Waals surface area contributed by atoms with E-state index >= 15 is 0 Å². The Kier molecular flexibility index (Phi) is 8.06. The molecule has 0 radical (unpaired) electrons. The molecule has 1 aromatic rings. The number of carbonyl (C=O) groups is 2. The molecule has 2 amide bonds. The van der Waals surface area contributed by atoms with E-state index in [0.29, 0.717) is 29.6 Å². The molecule has 2 unspecified atom stereocenters. The molecule has 128 valence electrons. The summed E-state index contributed by atoms with van der Waals surface area (Å²) in [6.45, 7) is 5.70. The van der Waals surface area contributed by atoms with Crippen LogP contribution in [0.3, 0.4) is 0 Å². The van der Waals surface area contributed by atoms with Crippen LogP contribution in [0.25, 0.3) is 0 Å². The second-order valence-corrected chi connectivity index (χ2v) is 6.10. The first kappa shape index (κ1) is 19.5.